The first-order valence-corrected chi connectivity index (χ1v) is 11.4. The fourth-order valence-corrected chi connectivity index (χ4v) is 4.41. The number of nitrogens with zero attached hydrogens (tertiary/aromatic N) is 4. The zero-order valence-electron chi connectivity index (χ0n) is 17.3. The van der Waals surface area contributed by atoms with Crippen molar-refractivity contribution in [3.05, 3.63) is 64.9 Å². The van der Waals surface area contributed by atoms with Gasteiger partial charge in [-0.05, 0) is 23.8 Å². The number of amides is 1. The zero-order valence-corrected chi connectivity index (χ0v) is 18.8. The van der Waals surface area contributed by atoms with E-state index in [4.69, 9.17) is 16.3 Å². The fourth-order valence-electron chi connectivity index (χ4n) is 3.38. The Kier molecular flexibility index (Phi) is 7.11. The summed E-state index contributed by atoms with van der Waals surface area (Å²) in [5.41, 5.74) is 2.81. The molecule has 0 radical (unpaired) electrons. The lowest BCUT2D eigenvalue weighted by atomic mass is 10.1. The molecule has 1 amide bonds. The molecule has 0 atom stereocenters. The number of thioether (sulfide) groups is 1. The van der Waals surface area contributed by atoms with Gasteiger partial charge in [0, 0.05) is 32.2 Å². The van der Waals surface area contributed by atoms with Crippen LogP contribution in [-0.2, 0) is 23.0 Å². The summed E-state index contributed by atoms with van der Waals surface area (Å²) in [7, 11) is 1.92. The van der Waals surface area contributed by atoms with Gasteiger partial charge < -0.3 is 19.5 Å². The molecule has 1 aromatic heterocycles. The lowest BCUT2D eigenvalue weighted by Gasteiger charge is -2.29. The molecule has 0 unspecified atom stereocenters. The third-order valence-corrected chi connectivity index (χ3v) is 6.37. The second-order valence-electron chi connectivity index (χ2n) is 7.22. The summed E-state index contributed by atoms with van der Waals surface area (Å²) < 4.78 is 7.31. The van der Waals surface area contributed by atoms with Gasteiger partial charge in [0.05, 0.1) is 29.7 Å². The monoisotopic (exact) mass is 457 g/mol. The Morgan fingerprint density at radius 2 is 1.94 bits per heavy atom. The van der Waals surface area contributed by atoms with E-state index in [2.05, 4.69) is 32.5 Å². The minimum Gasteiger partial charge on any atom is -0.378 e. The molecule has 1 aliphatic heterocycles. The van der Waals surface area contributed by atoms with Crippen molar-refractivity contribution in [3.8, 4) is 0 Å². The Labute approximate surface area is 190 Å². The number of benzene rings is 2. The van der Waals surface area contributed by atoms with Gasteiger partial charge in [0.25, 0.3) is 0 Å². The van der Waals surface area contributed by atoms with Gasteiger partial charge in [-0.15, -0.1) is 10.2 Å². The second-order valence-corrected chi connectivity index (χ2v) is 8.57. The molecule has 9 heteroatoms. The molecule has 1 aliphatic rings. The Morgan fingerprint density at radius 1 is 1.16 bits per heavy atom. The van der Waals surface area contributed by atoms with E-state index < -0.39 is 0 Å². The molecule has 0 aliphatic carbocycles. The molecule has 3 aromatic rings. The predicted molar refractivity (Wildman–Crippen MR) is 124 cm³/mol. The van der Waals surface area contributed by atoms with E-state index in [1.165, 1.54) is 17.3 Å². The molecule has 4 rings (SSSR count). The van der Waals surface area contributed by atoms with E-state index in [1.54, 1.807) is 6.07 Å². The van der Waals surface area contributed by atoms with Crippen molar-refractivity contribution in [1.29, 1.82) is 0 Å². The molecule has 0 spiro atoms. The van der Waals surface area contributed by atoms with Crippen molar-refractivity contribution in [2.45, 2.75) is 11.6 Å². The first kappa shape index (κ1) is 21.7. The summed E-state index contributed by atoms with van der Waals surface area (Å²) in [4.78, 5) is 14.6. The molecule has 0 bridgehead atoms. The van der Waals surface area contributed by atoms with Crippen molar-refractivity contribution >= 4 is 40.6 Å². The van der Waals surface area contributed by atoms with E-state index in [-0.39, 0.29) is 11.7 Å². The average Bonchev–Trinajstić information content (AvgIpc) is 3.13. The number of rotatable bonds is 7. The summed E-state index contributed by atoms with van der Waals surface area (Å²) in [5, 5.41) is 12.7. The largest absolute Gasteiger partial charge is 0.378 e. The lowest BCUT2D eigenvalue weighted by molar-refractivity contribution is -0.113. The van der Waals surface area contributed by atoms with Crippen LogP contribution in [0.25, 0.3) is 0 Å². The molecule has 1 saturated heterocycles. The minimum atomic E-state index is -0.118. The second kappa shape index (κ2) is 10.2. The standard InChI is InChI=1S/C22H24ClN5O2S/c1-27-20(13-16-5-3-2-4-6-16)25-26-22(27)31-15-21(29)24-17-7-8-19(18(23)14-17)28-9-11-30-12-10-28/h2-8,14H,9-13,15H2,1H3,(H,24,29). The number of hydrogen-bond donors (Lipinski definition) is 1. The smallest absolute Gasteiger partial charge is 0.234 e. The highest BCUT2D eigenvalue weighted by Crippen LogP contribution is 2.29. The Bertz CT molecular complexity index is 1040. The molecule has 7 nitrogen and oxygen atoms in total. The van der Waals surface area contributed by atoms with Crippen LogP contribution in [0.5, 0.6) is 0 Å². The van der Waals surface area contributed by atoms with Crippen molar-refractivity contribution in [1.82, 2.24) is 14.8 Å². The van der Waals surface area contributed by atoms with Crippen LogP contribution in [0.1, 0.15) is 11.4 Å². The third-order valence-electron chi connectivity index (χ3n) is 5.05. The highest BCUT2D eigenvalue weighted by molar-refractivity contribution is 7.99. The van der Waals surface area contributed by atoms with Crippen LogP contribution in [0.4, 0.5) is 11.4 Å². The van der Waals surface area contributed by atoms with E-state index in [1.807, 2.05) is 41.9 Å². The van der Waals surface area contributed by atoms with Crippen LogP contribution < -0.4 is 10.2 Å². The van der Waals surface area contributed by atoms with Gasteiger partial charge in [0.15, 0.2) is 5.16 Å². The molecule has 0 saturated carbocycles. The summed E-state index contributed by atoms with van der Waals surface area (Å²) in [5.74, 6) is 0.979. The van der Waals surface area contributed by atoms with Crippen molar-refractivity contribution in [2.24, 2.45) is 7.05 Å². The molecule has 1 fully saturated rings. The number of anilines is 2. The summed E-state index contributed by atoms with van der Waals surface area (Å²) in [6, 6.07) is 15.7. The molecule has 31 heavy (non-hydrogen) atoms. The number of carbonyl (C=O) groups excluding carboxylic acids is 1. The lowest BCUT2D eigenvalue weighted by Crippen LogP contribution is -2.36. The van der Waals surface area contributed by atoms with Gasteiger partial charge in [-0.1, -0.05) is 53.7 Å². The van der Waals surface area contributed by atoms with Crippen LogP contribution in [0.2, 0.25) is 5.02 Å². The van der Waals surface area contributed by atoms with E-state index in [9.17, 15) is 4.79 Å². The van der Waals surface area contributed by atoms with Gasteiger partial charge in [-0.3, -0.25) is 4.79 Å². The SMILES string of the molecule is Cn1c(Cc2ccccc2)nnc1SCC(=O)Nc1ccc(N2CCOCC2)c(Cl)c1. The Hall–Kier alpha value is -2.55. The Morgan fingerprint density at radius 3 is 2.68 bits per heavy atom. The summed E-state index contributed by atoms with van der Waals surface area (Å²) in [6.45, 7) is 3.01. The predicted octanol–water partition coefficient (Wildman–Crippen LogP) is 3.63. The number of ether oxygens (including phenoxy) is 1. The number of halogens is 1. The van der Waals surface area contributed by atoms with Crippen LogP contribution in [0.15, 0.2) is 53.7 Å². The van der Waals surface area contributed by atoms with Crippen LogP contribution in [0.3, 0.4) is 0 Å². The maximum absolute atomic E-state index is 12.4. The van der Waals surface area contributed by atoms with Crippen molar-refractivity contribution < 1.29 is 9.53 Å². The van der Waals surface area contributed by atoms with Gasteiger partial charge in [0.2, 0.25) is 5.91 Å². The number of nitrogens with one attached hydrogen (secondary N) is 1. The van der Waals surface area contributed by atoms with Crippen LogP contribution in [-0.4, -0.2) is 52.7 Å². The van der Waals surface area contributed by atoms with E-state index >= 15 is 0 Å². The van der Waals surface area contributed by atoms with Gasteiger partial charge in [0.1, 0.15) is 5.82 Å². The number of morpholine rings is 1. The zero-order chi connectivity index (χ0) is 21.6. The molecule has 162 valence electrons. The molecular formula is C22H24ClN5O2S. The highest BCUT2D eigenvalue weighted by Gasteiger charge is 2.16. The quantitative estimate of drug-likeness (QED) is 0.546. The normalized spacial score (nSPS) is 13.9. The summed E-state index contributed by atoms with van der Waals surface area (Å²) in [6.07, 6.45) is 0.699. The van der Waals surface area contributed by atoms with Crippen molar-refractivity contribution in [2.75, 3.05) is 42.3 Å². The Balaban J connectivity index is 1.32. The van der Waals surface area contributed by atoms with Crippen molar-refractivity contribution in [3.63, 3.8) is 0 Å². The first-order valence-electron chi connectivity index (χ1n) is 10.1. The maximum Gasteiger partial charge on any atom is 0.234 e. The number of carbonyl (C=O) groups is 1. The third kappa shape index (κ3) is 5.58. The maximum atomic E-state index is 12.4. The minimum absolute atomic E-state index is 0.118. The van der Waals surface area contributed by atoms with Gasteiger partial charge in [-0.2, -0.15) is 0 Å². The average molecular weight is 458 g/mol. The first-order chi connectivity index (χ1) is 15.1. The molecule has 2 heterocycles. The van der Waals surface area contributed by atoms with Gasteiger partial charge >= 0.3 is 0 Å². The highest BCUT2D eigenvalue weighted by atomic mass is 35.5. The fraction of sp³-hybridized carbons (Fsp3) is 0.318. The topological polar surface area (TPSA) is 72.3 Å². The van der Waals surface area contributed by atoms with E-state index in [0.29, 0.717) is 35.5 Å². The molecular weight excluding hydrogens is 434 g/mol. The van der Waals surface area contributed by atoms with Crippen LogP contribution >= 0.6 is 23.4 Å². The molecule has 2 aromatic carbocycles. The number of aromatic nitrogens is 3. The van der Waals surface area contributed by atoms with Crippen LogP contribution in [0, 0.1) is 0 Å². The number of hydrogen-bond acceptors (Lipinski definition) is 6. The van der Waals surface area contributed by atoms with Gasteiger partial charge in [-0.25, -0.2) is 0 Å². The van der Waals surface area contributed by atoms with E-state index in [0.717, 1.165) is 24.6 Å². The summed E-state index contributed by atoms with van der Waals surface area (Å²) >= 11 is 7.81. The molecule has 1 N–H and O–H groups in total.